The zero-order valence-electron chi connectivity index (χ0n) is 11.8. The summed E-state index contributed by atoms with van der Waals surface area (Å²) in [6, 6.07) is 2.48. The normalized spacial score (nSPS) is 21.8. The van der Waals surface area contributed by atoms with Gasteiger partial charge in [-0.2, -0.15) is 16.9 Å². The Kier molecular flexibility index (Phi) is 5.73. The van der Waals surface area contributed by atoms with Crippen LogP contribution in [0.2, 0.25) is 0 Å². The van der Waals surface area contributed by atoms with Crippen LogP contribution in [-0.2, 0) is 11.2 Å². The fourth-order valence-electron chi connectivity index (χ4n) is 2.43. The van der Waals surface area contributed by atoms with E-state index in [0.717, 1.165) is 36.6 Å². The molecule has 0 bridgehead atoms. The fraction of sp³-hybridized carbons (Fsp3) is 0.786. The summed E-state index contributed by atoms with van der Waals surface area (Å²) in [5.74, 6) is 1.92. The van der Waals surface area contributed by atoms with Crippen molar-refractivity contribution < 1.29 is 9.84 Å². The molecule has 19 heavy (non-hydrogen) atoms. The van der Waals surface area contributed by atoms with E-state index in [1.165, 1.54) is 0 Å². The number of rotatable bonds is 6. The van der Waals surface area contributed by atoms with Crippen molar-refractivity contribution in [3.05, 3.63) is 18.0 Å². The topological polar surface area (TPSA) is 47.3 Å². The third kappa shape index (κ3) is 3.97. The molecule has 2 atom stereocenters. The third-order valence-corrected chi connectivity index (χ3v) is 4.69. The molecule has 1 aliphatic rings. The Morgan fingerprint density at radius 2 is 2.32 bits per heavy atom. The van der Waals surface area contributed by atoms with E-state index in [1.807, 2.05) is 28.7 Å². The second-order valence-electron chi connectivity index (χ2n) is 5.01. The molecule has 2 heterocycles. The number of thioether (sulfide) groups is 1. The molecular formula is C14H24N2O2S. The SMILES string of the molecule is CCC(CC)n1ccc(CC(O)C2CSCCO2)n1. The van der Waals surface area contributed by atoms with Gasteiger partial charge in [0.25, 0.3) is 0 Å². The molecule has 0 saturated carbocycles. The monoisotopic (exact) mass is 284 g/mol. The maximum absolute atomic E-state index is 10.2. The van der Waals surface area contributed by atoms with Crippen LogP contribution in [0.1, 0.15) is 38.4 Å². The zero-order valence-corrected chi connectivity index (χ0v) is 12.6. The summed E-state index contributed by atoms with van der Waals surface area (Å²) in [5.41, 5.74) is 0.957. The van der Waals surface area contributed by atoms with Crippen LogP contribution in [0.4, 0.5) is 0 Å². The molecule has 1 aliphatic heterocycles. The van der Waals surface area contributed by atoms with Crippen LogP contribution in [0, 0.1) is 0 Å². The van der Waals surface area contributed by atoms with Crippen LogP contribution in [0.25, 0.3) is 0 Å². The number of hydrogen-bond donors (Lipinski definition) is 1. The van der Waals surface area contributed by atoms with Crippen LogP contribution in [0.5, 0.6) is 0 Å². The van der Waals surface area contributed by atoms with E-state index in [9.17, 15) is 5.11 Å². The number of aromatic nitrogens is 2. The smallest absolute Gasteiger partial charge is 0.0928 e. The van der Waals surface area contributed by atoms with Gasteiger partial charge in [0.05, 0.1) is 30.6 Å². The summed E-state index contributed by atoms with van der Waals surface area (Å²) in [6.45, 7) is 5.10. The molecule has 1 saturated heterocycles. The number of ether oxygens (including phenoxy) is 1. The fourth-order valence-corrected chi connectivity index (χ4v) is 3.36. The number of aliphatic hydroxyl groups excluding tert-OH is 1. The Labute approximate surface area is 119 Å². The molecule has 0 amide bonds. The minimum absolute atomic E-state index is 0.0444. The molecule has 0 aromatic carbocycles. The molecule has 5 heteroatoms. The Bertz CT molecular complexity index is 373. The molecule has 1 fully saturated rings. The lowest BCUT2D eigenvalue weighted by Crippen LogP contribution is -2.36. The first-order valence-electron chi connectivity index (χ1n) is 7.16. The zero-order chi connectivity index (χ0) is 13.7. The van der Waals surface area contributed by atoms with E-state index in [1.54, 1.807) is 0 Å². The first-order valence-corrected chi connectivity index (χ1v) is 8.31. The quantitative estimate of drug-likeness (QED) is 0.870. The summed E-state index contributed by atoms with van der Waals surface area (Å²) < 4.78 is 7.63. The van der Waals surface area contributed by atoms with Gasteiger partial charge in [0.15, 0.2) is 0 Å². The van der Waals surface area contributed by atoms with E-state index < -0.39 is 6.10 Å². The molecule has 4 nitrogen and oxygen atoms in total. The summed E-state index contributed by atoms with van der Waals surface area (Å²) in [4.78, 5) is 0. The van der Waals surface area contributed by atoms with Gasteiger partial charge in [-0.25, -0.2) is 0 Å². The average Bonchev–Trinajstić information content (AvgIpc) is 2.89. The molecule has 108 valence electrons. The van der Waals surface area contributed by atoms with Crippen molar-refractivity contribution in [3.8, 4) is 0 Å². The van der Waals surface area contributed by atoms with Crippen molar-refractivity contribution >= 4 is 11.8 Å². The number of nitrogens with zero attached hydrogens (tertiary/aromatic N) is 2. The predicted octanol–water partition coefficient (Wildman–Crippen LogP) is 2.28. The largest absolute Gasteiger partial charge is 0.390 e. The Hall–Kier alpha value is -0.520. The van der Waals surface area contributed by atoms with E-state index in [2.05, 4.69) is 18.9 Å². The van der Waals surface area contributed by atoms with Crippen LogP contribution in [-0.4, -0.2) is 45.2 Å². The lowest BCUT2D eigenvalue weighted by molar-refractivity contribution is -0.0212. The van der Waals surface area contributed by atoms with Gasteiger partial charge < -0.3 is 9.84 Å². The predicted molar refractivity (Wildman–Crippen MR) is 78.6 cm³/mol. The molecule has 0 spiro atoms. The summed E-state index contributed by atoms with van der Waals surface area (Å²) in [6.07, 6.45) is 4.29. The third-order valence-electron chi connectivity index (χ3n) is 3.67. The Morgan fingerprint density at radius 3 is 2.95 bits per heavy atom. The van der Waals surface area contributed by atoms with Crippen molar-refractivity contribution in [1.29, 1.82) is 0 Å². The molecule has 1 aromatic heterocycles. The van der Waals surface area contributed by atoms with Crippen LogP contribution in [0.3, 0.4) is 0 Å². The molecule has 1 N–H and O–H groups in total. The van der Waals surface area contributed by atoms with Gasteiger partial charge >= 0.3 is 0 Å². The average molecular weight is 284 g/mol. The van der Waals surface area contributed by atoms with Crippen LogP contribution < -0.4 is 0 Å². The molecule has 0 aliphatic carbocycles. The van der Waals surface area contributed by atoms with Gasteiger partial charge in [-0.3, -0.25) is 4.68 Å². The van der Waals surface area contributed by atoms with Gasteiger partial charge in [-0.15, -0.1) is 0 Å². The van der Waals surface area contributed by atoms with Crippen LogP contribution in [0.15, 0.2) is 12.3 Å². The van der Waals surface area contributed by atoms with Crippen LogP contribution >= 0.6 is 11.8 Å². The van der Waals surface area contributed by atoms with E-state index >= 15 is 0 Å². The van der Waals surface area contributed by atoms with Crippen molar-refractivity contribution in [3.63, 3.8) is 0 Å². The Morgan fingerprint density at radius 1 is 1.53 bits per heavy atom. The van der Waals surface area contributed by atoms with Crippen molar-refractivity contribution in [1.82, 2.24) is 9.78 Å². The standard InChI is InChI=1S/C14H24N2O2S/c1-3-12(4-2)16-6-5-11(15-16)9-13(17)14-10-19-8-7-18-14/h5-6,12-14,17H,3-4,7-10H2,1-2H3. The van der Waals surface area contributed by atoms with Crippen molar-refractivity contribution in [2.45, 2.75) is 51.4 Å². The van der Waals surface area contributed by atoms with E-state index in [4.69, 9.17) is 4.74 Å². The van der Waals surface area contributed by atoms with E-state index in [0.29, 0.717) is 12.5 Å². The molecule has 2 unspecified atom stereocenters. The number of aliphatic hydroxyl groups is 1. The summed E-state index contributed by atoms with van der Waals surface area (Å²) >= 11 is 1.85. The lowest BCUT2D eigenvalue weighted by Gasteiger charge is -2.26. The second-order valence-corrected chi connectivity index (χ2v) is 6.16. The Balaban J connectivity index is 1.91. The molecule has 2 rings (SSSR count). The van der Waals surface area contributed by atoms with Gasteiger partial charge in [0.1, 0.15) is 0 Å². The first-order chi connectivity index (χ1) is 9.24. The first kappa shape index (κ1) is 14.9. The van der Waals surface area contributed by atoms with Crippen molar-refractivity contribution in [2.24, 2.45) is 0 Å². The number of hydrogen-bond acceptors (Lipinski definition) is 4. The summed E-state index contributed by atoms with van der Waals surface area (Å²) in [5, 5.41) is 14.8. The highest BCUT2D eigenvalue weighted by atomic mass is 32.2. The highest BCUT2D eigenvalue weighted by Crippen LogP contribution is 2.19. The highest BCUT2D eigenvalue weighted by Gasteiger charge is 2.24. The highest BCUT2D eigenvalue weighted by molar-refractivity contribution is 7.99. The lowest BCUT2D eigenvalue weighted by atomic mass is 10.1. The van der Waals surface area contributed by atoms with Gasteiger partial charge in [0.2, 0.25) is 0 Å². The minimum Gasteiger partial charge on any atom is -0.390 e. The molecular weight excluding hydrogens is 260 g/mol. The summed E-state index contributed by atoms with van der Waals surface area (Å²) in [7, 11) is 0. The minimum atomic E-state index is -0.446. The maximum atomic E-state index is 10.2. The van der Waals surface area contributed by atoms with Gasteiger partial charge in [-0.05, 0) is 18.9 Å². The maximum Gasteiger partial charge on any atom is 0.0928 e. The van der Waals surface area contributed by atoms with Crippen molar-refractivity contribution in [2.75, 3.05) is 18.1 Å². The van der Waals surface area contributed by atoms with Gasteiger partial charge in [-0.1, -0.05) is 13.8 Å². The second kappa shape index (κ2) is 7.31. The molecule has 0 radical (unpaired) electrons. The van der Waals surface area contributed by atoms with E-state index in [-0.39, 0.29) is 6.10 Å². The van der Waals surface area contributed by atoms with Gasteiger partial charge in [0, 0.05) is 24.1 Å². The molecule has 1 aromatic rings.